The first-order valence-corrected chi connectivity index (χ1v) is 8.15. The maximum atomic E-state index is 12.7. The number of nitrogens with one attached hydrogen (secondary N) is 1. The third-order valence-corrected chi connectivity index (χ3v) is 3.79. The van der Waals surface area contributed by atoms with Crippen molar-refractivity contribution >= 4 is 40.8 Å². The monoisotopic (exact) mass is 421 g/mol. The molecule has 2 aromatic carbocycles. The molecule has 0 radical (unpaired) electrons. The quantitative estimate of drug-likeness (QED) is 0.365. The Bertz CT molecular complexity index is 866. The summed E-state index contributed by atoms with van der Waals surface area (Å²) >= 11 is 12.1. The molecule has 1 N–H and O–H groups in total. The molecule has 0 bridgehead atoms. The van der Waals surface area contributed by atoms with Gasteiger partial charge in [-0.25, -0.2) is 0 Å². The second-order valence-electron chi connectivity index (χ2n) is 5.10. The fraction of sp³-hybridized carbons (Fsp3) is 0.188. The molecule has 0 aliphatic carbocycles. The van der Waals surface area contributed by atoms with Crippen molar-refractivity contribution in [2.24, 2.45) is 5.10 Å². The van der Waals surface area contributed by atoms with E-state index in [0.717, 1.165) is 12.1 Å². The molecule has 27 heavy (non-hydrogen) atoms. The Morgan fingerprint density at radius 2 is 1.89 bits per heavy atom. The van der Waals surface area contributed by atoms with Gasteiger partial charge in [0.15, 0.2) is 5.75 Å². The zero-order valence-corrected chi connectivity index (χ0v) is 15.2. The van der Waals surface area contributed by atoms with E-state index in [2.05, 4.69) is 10.5 Å². The fourth-order valence-electron chi connectivity index (χ4n) is 2.07. The van der Waals surface area contributed by atoms with E-state index in [1.807, 2.05) is 0 Å². The van der Waals surface area contributed by atoms with Crippen molar-refractivity contribution in [3.05, 3.63) is 61.6 Å². The van der Waals surface area contributed by atoms with Crippen molar-refractivity contribution in [3.63, 3.8) is 0 Å². The zero-order chi connectivity index (χ0) is 20.2. The molecule has 144 valence electrons. The largest absolute Gasteiger partial charge is 0.491 e. The van der Waals surface area contributed by atoms with Crippen LogP contribution in [0.3, 0.4) is 0 Å². The molecular formula is C16H12Cl2F3N3O3. The smallest absolute Gasteiger partial charge is 0.416 e. The van der Waals surface area contributed by atoms with E-state index in [1.54, 1.807) is 6.92 Å². The Morgan fingerprint density at radius 3 is 2.41 bits per heavy atom. The zero-order valence-electron chi connectivity index (χ0n) is 13.7. The molecule has 2 rings (SSSR count). The van der Waals surface area contributed by atoms with Crippen LogP contribution < -0.4 is 10.2 Å². The Hall–Kier alpha value is -2.52. The molecule has 0 aromatic heterocycles. The predicted octanol–water partition coefficient (Wildman–Crippen LogP) is 5.77. The molecular weight excluding hydrogens is 410 g/mol. The summed E-state index contributed by atoms with van der Waals surface area (Å²) in [4.78, 5) is 10.1. The summed E-state index contributed by atoms with van der Waals surface area (Å²) in [6.07, 6.45) is -3.43. The number of benzene rings is 2. The number of hydrogen-bond acceptors (Lipinski definition) is 5. The van der Waals surface area contributed by atoms with Crippen molar-refractivity contribution in [1.29, 1.82) is 0 Å². The van der Waals surface area contributed by atoms with Gasteiger partial charge in [-0.15, -0.1) is 0 Å². The summed E-state index contributed by atoms with van der Waals surface area (Å²) in [6.45, 7) is 2.13. The Kier molecular flexibility index (Phi) is 6.50. The van der Waals surface area contributed by atoms with E-state index < -0.39 is 22.4 Å². The molecule has 0 unspecified atom stereocenters. The molecule has 0 fully saturated rings. The number of nitrogens with zero attached hydrogens (tertiary/aromatic N) is 2. The number of hydrogen-bond donors (Lipinski definition) is 1. The van der Waals surface area contributed by atoms with Crippen molar-refractivity contribution in [1.82, 2.24) is 0 Å². The van der Waals surface area contributed by atoms with Gasteiger partial charge in [0, 0.05) is 6.07 Å². The van der Waals surface area contributed by atoms with Crippen LogP contribution in [0.2, 0.25) is 10.0 Å². The molecule has 11 heteroatoms. The number of halogens is 5. The average Bonchev–Trinajstić information content (AvgIpc) is 2.57. The van der Waals surface area contributed by atoms with E-state index in [9.17, 15) is 23.3 Å². The minimum atomic E-state index is -4.69. The molecule has 2 aromatic rings. The Balaban J connectivity index is 2.25. The van der Waals surface area contributed by atoms with Crippen LogP contribution in [0.1, 0.15) is 18.1 Å². The summed E-state index contributed by atoms with van der Waals surface area (Å²) in [5, 5.41) is 15.3. The van der Waals surface area contributed by atoms with Crippen molar-refractivity contribution in [3.8, 4) is 5.75 Å². The molecule has 0 aliphatic heterocycles. The highest BCUT2D eigenvalue weighted by atomic mass is 35.5. The topological polar surface area (TPSA) is 76.8 Å². The van der Waals surface area contributed by atoms with Crippen LogP contribution >= 0.6 is 23.2 Å². The predicted molar refractivity (Wildman–Crippen MR) is 96.9 cm³/mol. The van der Waals surface area contributed by atoms with Crippen LogP contribution in [0.4, 0.5) is 24.5 Å². The highest BCUT2D eigenvalue weighted by Gasteiger charge is 2.33. The lowest BCUT2D eigenvalue weighted by atomic mass is 10.1. The van der Waals surface area contributed by atoms with Crippen LogP contribution in [0.5, 0.6) is 5.75 Å². The lowest BCUT2D eigenvalue weighted by Crippen LogP contribution is -2.06. The van der Waals surface area contributed by atoms with Gasteiger partial charge in [0.2, 0.25) is 0 Å². The van der Waals surface area contributed by atoms with Gasteiger partial charge in [-0.05, 0) is 36.8 Å². The number of anilines is 1. The van der Waals surface area contributed by atoms with Gasteiger partial charge in [-0.1, -0.05) is 23.2 Å². The summed E-state index contributed by atoms with van der Waals surface area (Å²) in [6, 6.07) is 5.09. The maximum Gasteiger partial charge on any atom is 0.416 e. The van der Waals surface area contributed by atoms with Gasteiger partial charge in [-0.3, -0.25) is 15.5 Å². The third kappa shape index (κ3) is 5.24. The second kappa shape index (κ2) is 8.45. The Morgan fingerprint density at radius 1 is 1.26 bits per heavy atom. The lowest BCUT2D eigenvalue weighted by Gasteiger charge is -2.09. The summed E-state index contributed by atoms with van der Waals surface area (Å²) in [5.74, 6) is 0.310. The van der Waals surface area contributed by atoms with Gasteiger partial charge in [-0.2, -0.15) is 18.3 Å². The molecule has 0 amide bonds. The standard InChI is InChI=1S/C16H12Cl2F3N3O3/c1-2-27-15-11(17)5-9(6-12(15)18)8-22-23-13-4-3-10(16(19,20)21)7-14(13)24(25)26/h3-8,23H,2H2,1H3/b22-8-. The van der Waals surface area contributed by atoms with E-state index in [0.29, 0.717) is 24.0 Å². The minimum absolute atomic E-state index is 0.201. The molecule has 0 aliphatic rings. The SMILES string of the molecule is CCOc1c(Cl)cc(/C=N\Nc2ccc(C(F)(F)F)cc2[N+](=O)[O-])cc1Cl. The first-order valence-electron chi connectivity index (χ1n) is 7.40. The molecule has 0 saturated heterocycles. The number of alkyl halides is 3. The normalized spacial score (nSPS) is 11.6. The van der Waals surface area contributed by atoms with Gasteiger partial charge < -0.3 is 4.74 Å². The fourth-order valence-corrected chi connectivity index (χ4v) is 2.68. The summed E-state index contributed by atoms with van der Waals surface area (Å²) in [7, 11) is 0. The van der Waals surface area contributed by atoms with Crippen LogP contribution in [-0.4, -0.2) is 17.7 Å². The van der Waals surface area contributed by atoms with Gasteiger partial charge in [0.05, 0.1) is 33.4 Å². The molecule has 0 atom stereocenters. The van der Waals surface area contributed by atoms with E-state index >= 15 is 0 Å². The summed E-state index contributed by atoms with van der Waals surface area (Å²) in [5.41, 5.74) is 0.706. The maximum absolute atomic E-state index is 12.7. The van der Waals surface area contributed by atoms with Crippen molar-refractivity contribution in [2.45, 2.75) is 13.1 Å². The van der Waals surface area contributed by atoms with E-state index in [-0.39, 0.29) is 15.7 Å². The number of nitro benzene ring substituents is 1. The first kappa shape index (κ1) is 20.8. The van der Waals surface area contributed by atoms with Gasteiger partial charge >= 0.3 is 6.18 Å². The second-order valence-corrected chi connectivity index (χ2v) is 5.92. The number of hydrazone groups is 1. The lowest BCUT2D eigenvalue weighted by molar-refractivity contribution is -0.384. The van der Waals surface area contributed by atoms with Crippen LogP contribution in [0.25, 0.3) is 0 Å². The van der Waals surface area contributed by atoms with Crippen LogP contribution in [0.15, 0.2) is 35.4 Å². The van der Waals surface area contributed by atoms with Crippen LogP contribution in [-0.2, 0) is 6.18 Å². The highest BCUT2D eigenvalue weighted by Crippen LogP contribution is 2.35. The molecule has 0 saturated carbocycles. The van der Waals surface area contributed by atoms with Gasteiger partial charge in [0.25, 0.3) is 5.69 Å². The third-order valence-electron chi connectivity index (χ3n) is 3.23. The number of ether oxygens (including phenoxy) is 1. The molecule has 0 spiro atoms. The van der Waals surface area contributed by atoms with E-state index in [4.69, 9.17) is 27.9 Å². The Labute approximate surface area is 161 Å². The summed E-state index contributed by atoms with van der Waals surface area (Å²) < 4.78 is 43.4. The van der Waals surface area contributed by atoms with Crippen molar-refractivity contribution < 1.29 is 22.8 Å². The van der Waals surface area contributed by atoms with Gasteiger partial charge in [0.1, 0.15) is 5.69 Å². The molecule has 6 nitrogen and oxygen atoms in total. The van der Waals surface area contributed by atoms with Crippen LogP contribution in [0, 0.1) is 10.1 Å². The number of nitro groups is 1. The minimum Gasteiger partial charge on any atom is -0.491 e. The highest BCUT2D eigenvalue weighted by molar-refractivity contribution is 6.37. The first-order chi connectivity index (χ1) is 12.6. The number of rotatable bonds is 6. The van der Waals surface area contributed by atoms with E-state index in [1.165, 1.54) is 18.3 Å². The average molecular weight is 422 g/mol. The molecule has 0 heterocycles. The van der Waals surface area contributed by atoms with Crippen molar-refractivity contribution in [2.75, 3.05) is 12.0 Å².